The van der Waals surface area contributed by atoms with E-state index in [1.807, 2.05) is 36.1 Å². The molecule has 120 valence electrons. The lowest BCUT2D eigenvalue weighted by Crippen LogP contribution is -2.35. The van der Waals surface area contributed by atoms with Gasteiger partial charge in [-0.05, 0) is 25.7 Å². The molecule has 4 rings (SSSR count). The molecule has 2 atom stereocenters. The maximum absolute atomic E-state index is 11.7. The van der Waals surface area contributed by atoms with Crippen LogP contribution in [0.4, 0.5) is 6.01 Å². The lowest BCUT2D eigenvalue weighted by atomic mass is 9.81. The number of rotatable bonds is 3. The van der Waals surface area contributed by atoms with Gasteiger partial charge in [0.1, 0.15) is 0 Å². The molecule has 0 unspecified atom stereocenters. The first-order valence-corrected chi connectivity index (χ1v) is 7.97. The predicted molar refractivity (Wildman–Crippen MR) is 84.1 cm³/mol. The third kappa shape index (κ3) is 2.20. The highest BCUT2D eigenvalue weighted by Gasteiger charge is 2.55. The van der Waals surface area contributed by atoms with Crippen LogP contribution in [0.5, 0.6) is 0 Å². The van der Waals surface area contributed by atoms with E-state index in [0.29, 0.717) is 24.9 Å². The molecular formula is C17H19N3O3. The van der Waals surface area contributed by atoms with E-state index in [4.69, 9.17) is 4.52 Å². The fraction of sp³-hybridized carbons (Fsp3) is 0.471. The fourth-order valence-corrected chi connectivity index (χ4v) is 3.95. The molecule has 0 bridgehead atoms. The second-order valence-electron chi connectivity index (χ2n) is 6.70. The number of carbonyl (C=O) groups is 1. The molecule has 1 saturated heterocycles. The van der Waals surface area contributed by atoms with Crippen LogP contribution < -0.4 is 4.90 Å². The molecule has 1 aliphatic carbocycles. The molecule has 1 aliphatic heterocycles. The van der Waals surface area contributed by atoms with Crippen LogP contribution in [-0.2, 0) is 4.79 Å². The first-order valence-electron chi connectivity index (χ1n) is 7.97. The maximum atomic E-state index is 11.7. The number of hydrogen-bond acceptors (Lipinski definition) is 5. The Labute approximate surface area is 134 Å². The smallest absolute Gasteiger partial charge is 0.324 e. The summed E-state index contributed by atoms with van der Waals surface area (Å²) in [7, 11) is 0. The summed E-state index contributed by atoms with van der Waals surface area (Å²) in [6, 6.07) is 8.36. The quantitative estimate of drug-likeness (QED) is 0.938. The lowest BCUT2D eigenvalue weighted by molar-refractivity contribution is -0.149. The highest BCUT2D eigenvalue weighted by molar-refractivity contribution is 5.77. The van der Waals surface area contributed by atoms with Gasteiger partial charge in [0.05, 0.1) is 5.41 Å². The summed E-state index contributed by atoms with van der Waals surface area (Å²) in [5, 5.41) is 13.7. The van der Waals surface area contributed by atoms with Crippen molar-refractivity contribution in [2.45, 2.75) is 26.2 Å². The second kappa shape index (κ2) is 5.08. The second-order valence-corrected chi connectivity index (χ2v) is 6.70. The van der Waals surface area contributed by atoms with Crippen molar-refractivity contribution >= 4 is 12.0 Å². The third-order valence-electron chi connectivity index (χ3n) is 5.29. The molecule has 6 heteroatoms. The maximum Gasteiger partial charge on any atom is 0.324 e. The van der Waals surface area contributed by atoms with Crippen LogP contribution >= 0.6 is 0 Å². The van der Waals surface area contributed by atoms with E-state index in [1.165, 1.54) is 5.56 Å². The molecular weight excluding hydrogens is 294 g/mol. The van der Waals surface area contributed by atoms with Crippen LogP contribution in [0.2, 0.25) is 0 Å². The van der Waals surface area contributed by atoms with Crippen LogP contribution in [0.25, 0.3) is 11.4 Å². The van der Waals surface area contributed by atoms with Crippen LogP contribution in [0.15, 0.2) is 28.8 Å². The summed E-state index contributed by atoms with van der Waals surface area (Å²) in [5.74, 6) is 0.0249. The van der Waals surface area contributed by atoms with Crippen LogP contribution in [-0.4, -0.2) is 34.3 Å². The molecule has 0 radical (unpaired) electrons. The number of aliphatic carboxylic acids is 1. The van der Waals surface area contributed by atoms with E-state index < -0.39 is 11.4 Å². The molecule has 0 amide bonds. The SMILES string of the molecule is Cc1ccc(-c2noc(N3C[C@@H]4CCC[C@@]4(C(=O)O)C3)n2)cc1. The molecule has 6 nitrogen and oxygen atoms in total. The Bertz CT molecular complexity index is 740. The number of carboxylic acids is 1. The van der Waals surface area contributed by atoms with Crippen LogP contribution in [0.3, 0.4) is 0 Å². The van der Waals surface area contributed by atoms with Crippen molar-refractivity contribution in [2.24, 2.45) is 11.3 Å². The van der Waals surface area contributed by atoms with Crippen LogP contribution in [0, 0.1) is 18.3 Å². The average molecular weight is 313 g/mol. The molecule has 0 spiro atoms. The van der Waals surface area contributed by atoms with Crippen molar-refractivity contribution in [1.82, 2.24) is 10.1 Å². The number of aromatic nitrogens is 2. The summed E-state index contributed by atoms with van der Waals surface area (Å²) in [6.45, 7) is 3.17. The van der Waals surface area contributed by atoms with Gasteiger partial charge in [-0.25, -0.2) is 0 Å². The Morgan fingerprint density at radius 1 is 1.39 bits per heavy atom. The first-order chi connectivity index (χ1) is 11.1. The van der Waals surface area contributed by atoms with Gasteiger partial charge >= 0.3 is 12.0 Å². The van der Waals surface area contributed by atoms with E-state index in [2.05, 4.69) is 10.1 Å². The molecule has 1 aromatic carbocycles. The van der Waals surface area contributed by atoms with E-state index in [0.717, 1.165) is 24.8 Å². The summed E-state index contributed by atoms with van der Waals surface area (Å²) >= 11 is 0. The molecule has 23 heavy (non-hydrogen) atoms. The predicted octanol–water partition coefficient (Wildman–Crippen LogP) is 2.74. The van der Waals surface area contributed by atoms with Gasteiger partial charge in [-0.15, -0.1) is 0 Å². The minimum Gasteiger partial charge on any atom is -0.481 e. The fourth-order valence-electron chi connectivity index (χ4n) is 3.95. The van der Waals surface area contributed by atoms with Gasteiger partial charge in [0.15, 0.2) is 0 Å². The molecule has 1 N–H and O–H groups in total. The van der Waals surface area contributed by atoms with Crippen molar-refractivity contribution in [3.05, 3.63) is 29.8 Å². The zero-order valence-electron chi connectivity index (χ0n) is 13.0. The Kier molecular flexibility index (Phi) is 3.14. The first kappa shape index (κ1) is 14.2. The minimum atomic E-state index is -0.694. The van der Waals surface area contributed by atoms with Crippen molar-refractivity contribution in [3.8, 4) is 11.4 Å². The summed E-state index contributed by atoms with van der Waals surface area (Å²) in [6.07, 6.45) is 2.69. The number of fused-ring (bicyclic) bond motifs is 1. The summed E-state index contributed by atoms with van der Waals surface area (Å²) in [5.41, 5.74) is 1.43. The van der Waals surface area contributed by atoms with Gasteiger partial charge in [0.25, 0.3) is 0 Å². The van der Waals surface area contributed by atoms with Gasteiger partial charge in [0, 0.05) is 18.7 Å². The van der Waals surface area contributed by atoms with E-state index in [-0.39, 0.29) is 5.92 Å². The van der Waals surface area contributed by atoms with E-state index in [9.17, 15) is 9.90 Å². The lowest BCUT2D eigenvalue weighted by Gasteiger charge is -2.22. The monoisotopic (exact) mass is 313 g/mol. The number of aryl methyl sites for hydroxylation is 1. The number of anilines is 1. The summed E-state index contributed by atoms with van der Waals surface area (Å²) < 4.78 is 5.40. The van der Waals surface area contributed by atoms with Crippen molar-refractivity contribution < 1.29 is 14.4 Å². The number of carboxylic acid groups (broad SMARTS) is 1. The van der Waals surface area contributed by atoms with Crippen molar-refractivity contribution in [3.63, 3.8) is 0 Å². The zero-order valence-corrected chi connectivity index (χ0v) is 13.0. The Morgan fingerprint density at radius 2 is 2.17 bits per heavy atom. The molecule has 2 heterocycles. The molecule has 2 aliphatic rings. The van der Waals surface area contributed by atoms with Crippen molar-refractivity contribution in [2.75, 3.05) is 18.0 Å². The average Bonchev–Trinajstić information content (AvgIpc) is 3.21. The number of hydrogen-bond donors (Lipinski definition) is 1. The highest BCUT2D eigenvalue weighted by atomic mass is 16.5. The largest absolute Gasteiger partial charge is 0.481 e. The standard InChI is InChI=1S/C17H19N3O3/c1-11-4-6-12(7-5-11)14-18-16(23-19-14)20-9-13-3-2-8-17(13,10-20)15(21)22/h4-7,13H,2-3,8-10H2,1H3,(H,21,22)/t13-,17+/m0/s1. The van der Waals surface area contributed by atoms with Gasteiger partial charge in [-0.1, -0.05) is 41.4 Å². The number of nitrogens with zero attached hydrogens (tertiary/aromatic N) is 3. The van der Waals surface area contributed by atoms with E-state index >= 15 is 0 Å². The van der Waals surface area contributed by atoms with Gasteiger partial charge in [0.2, 0.25) is 5.82 Å². The van der Waals surface area contributed by atoms with E-state index in [1.54, 1.807) is 0 Å². The Morgan fingerprint density at radius 3 is 2.87 bits per heavy atom. The zero-order chi connectivity index (χ0) is 16.0. The van der Waals surface area contributed by atoms with Crippen molar-refractivity contribution in [1.29, 1.82) is 0 Å². The van der Waals surface area contributed by atoms with Crippen LogP contribution in [0.1, 0.15) is 24.8 Å². The molecule has 2 fully saturated rings. The topological polar surface area (TPSA) is 79.5 Å². The number of benzene rings is 1. The third-order valence-corrected chi connectivity index (χ3v) is 5.29. The normalized spacial score (nSPS) is 26.5. The van der Waals surface area contributed by atoms with Gasteiger partial charge in [-0.2, -0.15) is 4.98 Å². The summed E-state index contributed by atoms with van der Waals surface area (Å²) in [4.78, 5) is 18.1. The van der Waals surface area contributed by atoms with Gasteiger partial charge in [-0.3, -0.25) is 4.79 Å². The molecule has 2 aromatic rings. The molecule has 1 saturated carbocycles. The Balaban J connectivity index is 1.58. The molecule has 1 aromatic heterocycles. The minimum absolute atomic E-state index is 0.176. The Hall–Kier alpha value is -2.37. The van der Waals surface area contributed by atoms with Gasteiger partial charge < -0.3 is 14.5 Å². The highest BCUT2D eigenvalue weighted by Crippen LogP contribution is 2.49.